The lowest BCUT2D eigenvalue weighted by Crippen LogP contribution is -2.53. The Labute approximate surface area is 243 Å². The Balaban J connectivity index is 1.52. The van der Waals surface area contributed by atoms with Gasteiger partial charge in [-0.05, 0) is 76.1 Å². The molecular weight excluding hydrogens is 544 g/mol. The van der Waals surface area contributed by atoms with Crippen molar-refractivity contribution in [1.82, 2.24) is 15.1 Å². The molecule has 1 saturated carbocycles. The number of amides is 2. The Kier molecular flexibility index (Phi) is 9.02. The highest BCUT2D eigenvalue weighted by molar-refractivity contribution is 7.91. The van der Waals surface area contributed by atoms with Crippen LogP contribution in [0.2, 0.25) is 0 Å². The van der Waals surface area contributed by atoms with Crippen molar-refractivity contribution in [2.24, 2.45) is 5.92 Å². The molecule has 1 aliphatic carbocycles. The van der Waals surface area contributed by atoms with Crippen LogP contribution in [0.3, 0.4) is 0 Å². The Hall–Kier alpha value is -2.43. The molecule has 8 nitrogen and oxygen atoms in total. The molecule has 1 saturated heterocycles. The van der Waals surface area contributed by atoms with Crippen LogP contribution in [0.25, 0.3) is 0 Å². The minimum Gasteiger partial charge on any atom is -0.397 e. The third-order valence-corrected chi connectivity index (χ3v) is 11.9. The van der Waals surface area contributed by atoms with Crippen molar-refractivity contribution in [3.63, 3.8) is 0 Å². The first-order valence-electron chi connectivity index (χ1n) is 14.2. The fraction of sp³-hybridized carbons (Fsp3) is 0.600. The highest BCUT2D eigenvalue weighted by Gasteiger charge is 2.44. The summed E-state index contributed by atoms with van der Waals surface area (Å²) in [6, 6.07) is 10.2. The number of nitrogens with one attached hydrogen (secondary N) is 1. The van der Waals surface area contributed by atoms with Gasteiger partial charge in [0.25, 0.3) is 5.91 Å². The molecule has 2 fully saturated rings. The molecule has 4 atom stereocenters. The van der Waals surface area contributed by atoms with Crippen LogP contribution in [0.5, 0.6) is 0 Å². The fourth-order valence-corrected chi connectivity index (χ4v) is 8.68. The Morgan fingerprint density at radius 1 is 1.18 bits per heavy atom. The van der Waals surface area contributed by atoms with E-state index in [4.69, 9.17) is 5.73 Å². The molecule has 4 rings (SSSR count). The third-order valence-electron chi connectivity index (χ3n) is 8.49. The third kappa shape index (κ3) is 6.55. The number of thiophene rings is 1. The van der Waals surface area contributed by atoms with Gasteiger partial charge in [-0.3, -0.25) is 9.59 Å². The van der Waals surface area contributed by atoms with Gasteiger partial charge in [0.2, 0.25) is 5.91 Å². The smallest absolute Gasteiger partial charge is 0.264 e. The summed E-state index contributed by atoms with van der Waals surface area (Å²) >= 11 is 1.36. The molecule has 1 aliphatic heterocycles. The van der Waals surface area contributed by atoms with E-state index in [1.54, 1.807) is 30.3 Å². The van der Waals surface area contributed by atoms with Crippen LogP contribution in [0.15, 0.2) is 41.3 Å². The lowest BCUT2D eigenvalue weighted by molar-refractivity contribution is -0.133. The van der Waals surface area contributed by atoms with Gasteiger partial charge in [0.05, 0.1) is 16.3 Å². The minimum atomic E-state index is -3.53. The van der Waals surface area contributed by atoms with Crippen LogP contribution < -0.4 is 11.1 Å². The zero-order chi connectivity index (χ0) is 29.4. The molecule has 2 heterocycles. The van der Waals surface area contributed by atoms with E-state index in [0.29, 0.717) is 40.9 Å². The molecule has 40 heavy (non-hydrogen) atoms. The SMILES string of the molecule is CC(C)N(C)[C@@H]1CC[C@H](N2CC[C@H](NC(=O)c3sc(C(C)(C)C)cc3N)C2=O)[C@@H](CS(=O)(=O)c2ccccc2)C1. The van der Waals surface area contributed by atoms with Gasteiger partial charge >= 0.3 is 0 Å². The van der Waals surface area contributed by atoms with Crippen LogP contribution in [0.1, 0.15) is 74.9 Å². The first-order valence-corrected chi connectivity index (χ1v) is 16.7. The molecule has 220 valence electrons. The molecule has 0 spiro atoms. The topological polar surface area (TPSA) is 113 Å². The Morgan fingerprint density at radius 3 is 2.45 bits per heavy atom. The number of benzene rings is 1. The predicted octanol–water partition coefficient (Wildman–Crippen LogP) is 4.31. The van der Waals surface area contributed by atoms with Crippen molar-refractivity contribution in [3.05, 3.63) is 46.2 Å². The number of rotatable bonds is 8. The van der Waals surface area contributed by atoms with Gasteiger partial charge in [0, 0.05) is 29.5 Å². The summed E-state index contributed by atoms with van der Waals surface area (Å²) in [5.74, 6) is -0.677. The second kappa shape index (κ2) is 11.8. The zero-order valence-corrected chi connectivity index (χ0v) is 26.1. The molecule has 2 amide bonds. The number of carbonyl (C=O) groups is 2. The molecule has 3 N–H and O–H groups in total. The summed E-state index contributed by atoms with van der Waals surface area (Å²) in [4.78, 5) is 32.7. The lowest BCUT2D eigenvalue weighted by Gasteiger charge is -2.44. The number of nitrogens with zero attached hydrogens (tertiary/aromatic N) is 2. The van der Waals surface area contributed by atoms with E-state index in [0.717, 1.165) is 17.7 Å². The van der Waals surface area contributed by atoms with Crippen molar-refractivity contribution in [3.8, 4) is 0 Å². The number of hydrogen-bond donors (Lipinski definition) is 2. The highest BCUT2D eigenvalue weighted by Crippen LogP contribution is 2.37. The molecule has 1 aromatic heterocycles. The van der Waals surface area contributed by atoms with E-state index in [2.05, 4.69) is 51.9 Å². The van der Waals surface area contributed by atoms with Gasteiger partial charge < -0.3 is 20.9 Å². The summed E-state index contributed by atoms with van der Waals surface area (Å²) in [7, 11) is -1.44. The summed E-state index contributed by atoms with van der Waals surface area (Å²) in [6.45, 7) is 11.0. The lowest BCUT2D eigenvalue weighted by atomic mass is 9.81. The molecule has 0 radical (unpaired) electrons. The van der Waals surface area contributed by atoms with E-state index in [-0.39, 0.29) is 41.0 Å². The maximum atomic E-state index is 13.6. The molecule has 0 bridgehead atoms. The summed E-state index contributed by atoms with van der Waals surface area (Å²) in [5, 5.41) is 2.92. The molecular formula is C30H44N4O4S2. The Bertz CT molecular complexity index is 1320. The van der Waals surface area contributed by atoms with Gasteiger partial charge in [0.1, 0.15) is 10.9 Å². The van der Waals surface area contributed by atoms with Crippen molar-refractivity contribution in [2.45, 2.75) is 94.8 Å². The molecule has 0 unspecified atom stereocenters. The van der Waals surface area contributed by atoms with Crippen molar-refractivity contribution >= 4 is 38.7 Å². The standard InChI is InChI=1S/C30H44N4O4S2/c1-19(2)33(6)21-12-13-25(20(16-21)18-40(37,38)22-10-8-7-9-11-22)34-15-14-24(29(34)36)32-28(35)27-23(31)17-26(39-27)30(3,4)5/h7-11,17,19-21,24-25H,12-16,18,31H2,1-6H3,(H,32,35)/t20-,21-,24+,25+/m1/s1. The number of carbonyl (C=O) groups excluding carboxylic acids is 2. The van der Waals surface area contributed by atoms with E-state index in [1.807, 2.05) is 11.0 Å². The van der Waals surface area contributed by atoms with Gasteiger partial charge in [-0.15, -0.1) is 11.3 Å². The van der Waals surface area contributed by atoms with Gasteiger partial charge in [-0.25, -0.2) is 8.42 Å². The molecule has 10 heteroatoms. The van der Waals surface area contributed by atoms with Crippen LogP contribution in [-0.4, -0.2) is 73.5 Å². The number of nitrogens with two attached hydrogens (primary N) is 1. The van der Waals surface area contributed by atoms with E-state index in [1.165, 1.54) is 11.3 Å². The summed E-state index contributed by atoms with van der Waals surface area (Å²) in [6.07, 6.45) is 2.82. The first kappa shape index (κ1) is 30.5. The van der Waals surface area contributed by atoms with Gasteiger partial charge in [0.15, 0.2) is 9.84 Å². The highest BCUT2D eigenvalue weighted by atomic mass is 32.2. The van der Waals surface area contributed by atoms with Gasteiger partial charge in [-0.2, -0.15) is 0 Å². The van der Waals surface area contributed by atoms with E-state index < -0.39 is 15.9 Å². The monoisotopic (exact) mass is 588 g/mol. The van der Waals surface area contributed by atoms with Gasteiger partial charge in [-0.1, -0.05) is 39.0 Å². The Morgan fingerprint density at radius 2 is 1.85 bits per heavy atom. The van der Waals surface area contributed by atoms with Crippen molar-refractivity contribution in [2.75, 3.05) is 25.1 Å². The largest absolute Gasteiger partial charge is 0.397 e. The maximum Gasteiger partial charge on any atom is 0.264 e. The van der Waals surface area contributed by atoms with Crippen LogP contribution in [0.4, 0.5) is 5.69 Å². The summed E-state index contributed by atoms with van der Waals surface area (Å²) in [5.41, 5.74) is 6.46. The zero-order valence-electron chi connectivity index (χ0n) is 24.5. The van der Waals surface area contributed by atoms with Crippen molar-refractivity contribution in [1.29, 1.82) is 0 Å². The van der Waals surface area contributed by atoms with E-state index in [9.17, 15) is 18.0 Å². The molecule has 2 aliphatic rings. The fourth-order valence-electron chi connectivity index (χ4n) is 5.95. The summed E-state index contributed by atoms with van der Waals surface area (Å²) < 4.78 is 26.9. The van der Waals surface area contributed by atoms with Crippen LogP contribution in [-0.2, 0) is 20.0 Å². The number of likely N-dealkylation sites (tertiary alicyclic amines) is 1. The number of anilines is 1. The van der Waals surface area contributed by atoms with Crippen LogP contribution >= 0.6 is 11.3 Å². The minimum absolute atomic E-state index is 0.00771. The number of sulfone groups is 1. The second-order valence-corrected chi connectivity index (χ2v) is 15.7. The quantitative estimate of drug-likeness (QED) is 0.475. The number of hydrogen-bond acceptors (Lipinski definition) is 7. The average molecular weight is 589 g/mol. The predicted molar refractivity (Wildman–Crippen MR) is 161 cm³/mol. The first-order chi connectivity index (χ1) is 18.7. The van der Waals surface area contributed by atoms with E-state index >= 15 is 0 Å². The maximum absolute atomic E-state index is 13.6. The normalized spacial score (nSPS) is 24.2. The molecule has 2 aromatic rings. The van der Waals surface area contributed by atoms with Crippen LogP contribution in [0, 0.1) is 5.92 Å². The second-order valence-electron chi connectivity index (χ2n) is 12.6. The molecule has 1 aromatic carbocycles. The van der Waals surface area contributed by atoms with Crippen molar-refractivity contribution < 1.29 is 18.0 Å². The number of nitrogen functional groups attached to an aromatic ring is 1. The average Bonchev–Trinajstić information content (AvgIpc) is 3.46.